The van der Waals surface area contributed by atoms with Gasteiger partial charge in [-0.3, -0.25) is 0 Å². The van der Waals surface area contributed by atoms with E-state index in [9.17, 15) is 5.11 Å². The van der Waals surface area contributed by atoms with Gasteiger partial charge in [0, 0.05) is 22.6 Å². The maximum Gasteiger partial charge on any atom is 0.120 e. The molecule has 0 aliphatic heterocycles. The molecule has 0 aromatic heterocycles. The summed E-state index contributed by atoms with van der Waals surface area (Å²) in [5.41, 5.74) is 0.955. The predicted octanol–water partition coefficient (Wildman–Crippen LogP) is 3.04. The number of rotatable bonds is 4. The lowest BCUT2D eigenvalue weighted by atomic mass is 10.1. The minimum atomic E-state index is 0.369. The van der Waals surface area contributed by atoms with E-state index in [1.807, 2.05) is 12.1 Å². The Kier molecular flexibility index (Phi) is 3.32. The van der Waals surface area contributed by atoms with E-state index in [0.29, 0.717) is 11.8 Å². The van der Waals surface area contributed by atoms with Crippen LogP contribution in [0.3, 0.4) is 0 Å². The average molecular weight is 270 g/mol. The fraction of sp³-hybridized carbons (Fsp3) is 0.500. The Morgan fingerprint density at radius 2 is 2.27 bits per heavy atom. The molecule has 0 radical (unpaired) electrons. The highest BCUT2D eigenvalue weighted by Gasteiger charge is 2.27. The molecule has 1 aromatic rings. The summed E-state index contributed by atoms with van der Waals surface area (Å²) < 4.78 is 1.01. The van der Waals surface area contributed by atoms with Crippen molar-refractivity contribution in [1.82, 2.24) is 5.32 Å². The summed E-state index contributed by atoms with van der Waals surface area (Å²) in [5, 5.41) is 13.1. The highest BCUT2D eigenvalue weighted by molar-refractivity contribution is 9.10. The van der Waals surface area contributed by atoms with Crippen molar-refractivity contribution in [3.63, 3.8) is 0 Å². The molecular weight excluding hydrogens is 254 g/mol. The topological polar surface area (TPSA) is 32.3 Å². The van der Waals surface area contributed by atoms with Crippen molar-refractivity contribution < 1.29 is 5.11 Å². The van der Waals surface area contributed by atoms with Crippen molar-refractivity contribution in [2.75, 3.05) is 0 Å². The molecule has 0 spiro atoms. The van der Waals surface area contributed by atoms with Crippen LogP contribution >= 0.6 is 15.9 Å². The fourth-order valence-corrected chi connectivity index (χ4v) is 2.14. The number of aromatic hydroxyl groups is 1. The van der Waals surface area contributed by atoms with Gasteiger partial charge in [-0.2, -0.15) is 0 Å². The molecule has 2 nitrogen and oxygen atoms in total. The fourth-order valence-electron chi connectivity index (χ4n) is 1.73. The van der Waals surface area contributed by atoms with E-state index in [2.05, 4.69) is 28.2 Å². The second-order valence-corrected chi connectivity index (χ2v) is 5.20. The van der Waals surface area contributed by atoms with Crippen LogP contribution in [0.1, 0.15) is 25.3 Å². The first-order chi connectivity index (χ1) is 7.16. The van der Waals surface area contributed by atoms with Crippen molar-refractivity contribution in [3.8, 4) is 5.75 Å². The molecule has 1 saturated carbocycles. The van der Waals surface area contributed by atoms with E-state index in [-0.39, 0.29) is 0 Å². The molecule has 1 unspecified atom stereocenters. The molecule has 1 aliphatic carbocycles. The molecule has 1 atom stereocenters. The Morgan fingerprint density at radius 1 is 1.53 bits per heavy atom. The smallest absolute Gasteiger partial charge is 0.120 e. The number of hydrogen-bond acceptors (Lipinski definition) is 2. The molecule has 2 N–H and O–H groups in total. The van der Waals surface area contributed by atoms with Crippen molar-refractivity contribution in [2.24, 2.45) is 5.92 Å². The molecule has 82 valence electrons. The van der Waals surface area contributed by atoms with Gasteiger partial charge in [-0.05, 0) is 43.9 Å². The zero-order chi connectivity index (χ0) is 10.8. The number of phenols is 1. The molecule has 15 heavy (non-hydrogen) atoms. The lowest BCUT2D eigenvalue weighted by Crippen LogP contribution is -2.27. The van der Waals surface area contributed by atoms with Crippen LogP contribution in [0.15, 0.2) is 22.7 Å². The Morgan fingerprint density at radius 3 is 2.93 bits per heavy atom. The van der Waals surface area contributed by atoms with Crippen LogP contribution in [0.25, 0.3) is 0 Å². The van der Waals surface area contributed by atoms with Gasteiger partial charge in [0.2, 0.25) is 0 Å². The third-order valence-electron chi connectivity index (χ3n) is 2.99. The van der Waals surface area contributed by atoms with Crippen molar-refractivity contribution >= 4 is 15.9 Å². The number of benzene rings is 1. The monoisotopic (exact) mass is 269 g/mol. The van der Waals surface area contributed by atoms with E-state index in [4.69, 9.17) is 0 Å². The molecule has 2 rings (SSSR count). The van der Waals surface area contributed by atoms with Gasteiger partial charge in [0.25, 0.3) is 0 Å². The highest BCUT2D eigenvalue weighted by Crippen LogP contribution is 2.32. The summed E-state index contributed by atoms with van der Waals surface area (Å²) in [7, 11) is 0. The Balaban J connectivity index is 1.94. The summed E-state index contributed by atoms with van der Waals surface area (Å²) in [6.45, 7) is 2.95. The van der Waals surface area contributed by atoms with Crippen molar-refractivity contribution in [2.45, 2.75) is 32.4 Å². The van der Waals surface area contributed by atoms with E-state index in [1.165, 1.54) is 12.8 Å². The van der Waals surface area contributed by atoms with Crippen molar-refractivity contribution in [1.29, 1.82) is 0 Å². The van der Waals surface area contributed by atoms with E-state index < -0.39 is 0 Å². The van der Waals surface area contributed by atoms with Gasteiger partial charge in [-0.25, -0.2) is 0 Å². The zero-order valence-corrected chi connectivity index (χ0v) is 10.4. The highest BCUT2D eigenvalue weighted by atomic mass is 79.9. The normalized spacial score (nSPS) is 17.7. The first-order valence-corrected chi connectivity index (χ1v) is 6.17. The van der Waals surface area contributed by atoms with Crippen LogP contribution in [-0.4, -0.2) is 11.1 Å². The van der Waals surface area contributed by atoms with Crippen LogP contribution in [0.4, 0.5) is 0 Å². The van der Waals surface area contributed by atoms with Crippen LogP contribution in [0.2, 0.25) is 0 Å². The van der Waals surface area contributed by atoms with Crippen LogP contribution in [0, 0.1) is 5.92 Å². The van der Waals surface area contributed by atoms with Gasteiger partial charge in [0.05, 0.1) is 0 Å². The summed E-state index contributed by atoms with van der Waals surface area (Å²) in [6, 6.07) is 6.09. The summed E-state index contributed by atoms with van der Waals surface area (Å²) in [4.78, 5) is 0. The number of phenolic OH excluding ortho intramolecular Hbond substituents is 1. The third-order valence-corrected chi connectivity index (χ3v) is 3.48. The molecule has 0 amide bonds. The molecular formula is C12H16BrNO. The van der Waals surface area contributed by atoms with Gasteiger partial charge >= 0.3 is 0 Å². The van der Waals surface area contributed by atoms with E-state index >= 15 is 0 Å². The zero-order valence-electron chi connectivity index (χ0n) is 8.83. The number of halogens is 1. The van der Waals surface area contributed by atoms with Crippen LogP contribution in [0.5, 0.6) is 5.75 Å². The largest absolute Gasteiger partial charge is 0.508 e. The molecule has 0 heterocycles. The first-order valence-electron chi connectivity index (χ1n) is 5.37. The molecule has 3 heteroatoms. The summed E-state index contributed by atoms with van der Waals surface area (Å²) in [6.07, 6.45) is 2.69. The third kappa shape index (κ3) is 2.95. The number of hydrogen-bond donors (Lipinski definition) is 2. The van der Waals surface area contributed by atoms with Gasteiger partial charge in [-0.1, -0.05) is 15.9 Å². The SMILES string of the molecule is CC(NCc1cc(Br)ccc1O)C1CC1. The lowest BCUT2D eigenvalue weighted by Gasteiger charge is -2.13. The van der Waals surface area contributed by atoms with Crippen molar-refractivity contribution in [3.05, 3.63) is 28.2 Å². The van der Waals surface area contributed by atoms with E-state index in [0.717, 1.165) is 22.5 Å². The van der Waals surface area contributed by atoms with E-state index in [1.54, 1.807) is 6.07 Å². The second kappa shape index (κ2) is 4.54. The molecule has 1 aliphatic rings. The standard InChI is InChI=1S/C12H16BrNO/c1-8(9-2-3-9)14-7-10-6-11(13)4-5-12(10)15/h4-6,8-9,14-15H,2-3,7H2,1H3. The second-order valence-electron chi connectivity index (χ2n) is 4.28. The molecule has 0 saturated heterocycles. The summed E-state index contributed by atoms with van der Waals surface area (Å²) >= 11 is 3.41. The van der Waals surface area contributed by atoms with Gasteiger partial charge in [-0.15, -0.1) is 0 Å². The Bertz CT molecular complexity index is 349. The van der Waals surface area contributed by atoms with Gasteiger partial charge < -0.3 is 10.4 Å². The predicted molar refractivity (Wildman–Crippen MR) is 64.8 cm³/mol. The first kappa shape index (κ1) is 11.0. The molecule has 1 aromatic carbocycles. The quantitative estimate of drug-likeness (QED) is 0.881. The van der Waals surface area contributed by atoms with Crippen LogP contribution in [-0.2, 0) is 6.54 Å². The molecule has 1 fully saturated rings. The summed E-state index contributed by atoms with van der Waals surface area (Å²) in [5.74, 6) is 1.22. The lowest BCUT2D eigenvalue weighted by molar-refractivity contribution is 0.451. The average Bonchev–Trinajstić information content (AvgIpc) is 3.02. The Hall–Kier alpha value is -0.540. The van der Waals surface area contributed by atoms with Gasteiger partial charge in [0.1, 0.15) is 5.75 Å². The van der Waals surface area contributed by atoms with Crippen LogP contribution < -0.4 is 5.32 Å². The Labute approximate surface area is 98.8 Å². The molecule has 0 bridgehead atoms. The van der Waals surface area contributed by atoms with Gasteiger partial charge in [0.15, 0.2) is 0 Å². The minimum absolute atomic E-state index is 0.369. The maximum atomic E-state index is 9.64. The maximum absolute atomic E-state index is 9.64. The number of nitrogens with one attached hydrogen (secondary N) is 1. The minimum Gasteiger partial charge on any atom is -0.508 e.